The molecule has 1 aromatic rings. The molecule has 0 aromatic heterocycles. The van der Waals surface area contributed by atoms with Gasteiger partial charge in [0, 0.05) is 11.6 Å². The molecule has 0 unspecified atom stereocenters. The van der Waals surface area contributed by atoms with Crippen molar-refractivity contribution in [1.82, 2.24) is 0 Å². The summed E-state index contributed by atoms with van der Waals surface area (Å²) in [6.07, 6.45) is 6.12. The molecule has 3 nitrogen and oxygen atoms in total. The molecule has 116 valence electrons. The minimum absolute atomic E-state index is 0.0336. The lowest BCUT2D eigenvalue weighted by molar-refractivity contribution is -0.125. The molecule has 2 rings (SSSR count). The summed E-state index contributed by atoms with van der Waals surface area (Å²) in [5, 5.41) is 4.03. The van der Waals surface area contributed by atoms with Gasteiger partial charge < -0.3 is 11.1 Å². The third-order valence-electron chi connectivity index (χ3n) is 4.43. The molecule has 1 saturated carbocycles. The molecule has 0 atom stereocenters. The van der Waals surface area contributed by atoms with E-state index in [0.29, 0.717) is 22.3 Å². The van der Waals surface area contributed by atoms with Crippen molar-refractivity contribution < 1.29 is 4.79 Å². The molecular weight excluding hydrogens is 307 g/mol. The molecule has 0 bridgehead atoms. The number of rotatable bonds is 3. The van der Waals surface area contributed by atoms with Gasteiger partial charge in [0.15, 0.2) is 0 Å². The molecule has 0 aliphatic heterocycles. The molecule has 21 heavy (non-hydrogen) atoms. The summed E-state index contributed by atoms with van der Waals surface area (Å²) in [5.41, 5.74) is 6.91. The number of aryl methyl sites for hydroxylation is 1. The van der Waals surface area contributed by atoms with Gasteiger partial charge in [-0.2, -0.15) is 0 Å². The topological polar surface area (TPSA) is 55.1 Å². The van der Waals surface area contributed by atoms with E-state index < -0.39 is 5.41 Å². The predicted molar refractivity (Wildman–Crippen MR) is 89.0 cm³/mol. The summed E-state index contributed by atoms with van der Waals surface area (Å²) in [4.78, 5) is 12.7. The van der Waals surface area contributed by atoms with Crippen LogP contribution in [0.5, 0.6) is 0 Å². The number of carbonyl (C=O) groups is 1. The van der Waals surface area contributed by atoms with Crippen molar-refractivity contribution in [3.63, 3.8) is 0 Å². The highest BCUT2D eigenvalue weighted by molar-refractivity contribution is 6.36. The van der Waals surface area contributed by atoms with Crippen molar-refractivity contribution in [3.05, 3.63) is 27.7 Å². The third kappa shape index (κ3) is 3.71. The van der Waals surface area contributed by atoms with Gasteiger partial charge in [-0.15, -0.1) is 0 Å². The van der Waals surface area contributed by atoms with Gasteiger partial charge in [-0.25, -0.2) is 0 Å². The SMILES string of the molecule is Cc1cc(Cl)c(NC(=O)C2(CN)CCCCCC2)cc1Cl. The lowest BCUT2D eigenvalue weighted by Gasteiger charge is -2.30. The van der Waals surface area contributed by atoms with Crippen LogP contribution in [0.3, 0.4) is 0 Å². The highest BCUT2D eigenvalue weighted by Gasteiger charge is 2.37. The predicted octanol–water partition coefficient (Wildman–Crippen LogP) is 4.54. The largest absolute Gasteiger partial charge is 0.329 e. The van der Waals surface area contributed by atoms with Crippen LogP contribution in [0, 0.1) is 12.3 Å². The molecule has 1 amide bonds. The molecule has 1 aliphatic rings. The first-order chi connectivity index (χ1) is 9.98. The monoisotopic (exact) mass is 328 g/mol. The van der Waals surface area contributed by atoms with E-state index in [1.54, 1.807) is 12.1 Å². The Kier molecular flexibility index (Phi) is 5.53. The summed E-state index contributed by atoms with van der Waals surface area (Å²) >= 11 is 12.3. The Morgan fingerprint density at radius 2 is 1.81 bits per heavy atom. The molecule has 5 heteroatoms. The van der Waals surface area contributed by atoms with Crippen LogP contribution < -0.4 is 11.1 Å². The number of nitrogens with one attached hydrogen (secondary N) is 1. The molecule has 0 saturated heterocycles. The minimum atomic E-state index is -0.475. The number of hydrogen-bond donors (Lipinski definition) is 2. The van der Waals surface area contributed by atoms with Crippen LogP contribution in [0.25, 0.3) is 0 Å². The molecule has 0 heterocycles. The van der Waals surface area contributed by atoms with Crippen molar-refractivity contribution in [2.24, 2.45) is 11.1 Å². The molecule has 3 N–H and O–H groups in total. The molecule has 1 fully saturated rings. The van der Waals surface area contributed by atoms with Gasteiger partial charge in [-0.05, 0) is 37.5 Å². The zero-order valence-electron chi connectivity index (χ0n) is 12.3. The lowest BCUT2D eigenvalue weighted by atomic mass is 9.79. The Morgan fingerprint density at radius 1 is 1.19 bits per heavy atom. The summed E-state index contributed by atoms with van der Waals surface area (Å²) in [6.45, 7) is 2.25. The second-order valence-electron chi connectivity index (χ2n) is 5.93. The standard InChI is InChI=1S/C16H22Cl2N2O/c1-11-8-13(18)14(9-12(11)17)20-15(21)16(10-19)6-4-2-3-5-7-16/h8-9H,2-7,10,19H2,1H3,(H,20,21). The van der Waals surface area contributed by atoms with Crippen molar-refractivity contribution in [1.29, 1.82) is 0 Å². The van der Waals surface area contributed by atoms with E-state index in [2.05, 4.69) is 5.32 Å². The van der Waals surface area contributed by atoms with Gasteiger partial charge in [0.05, 0.1) is 16.1 Å². The van der Waals surface area contributed by atoms with Gasteiger partial charge in [-0.1, -0.05) is 48.9 Å². The van der Waals surface area contributed by atoms with Gasteiger partial charge in [-0.3, -0.25) is 4.79 Å². The maximum Gasteiger partial charge on any atom is 0.231 e. The summed E-state index contributed by atoms with van der Waals surface area (Å²) in [5.74, 6) is -0.0336. The minimum Gasteiger partial charge on any atom is -0.329 e. The van der Waals surface area contributed by atoms with E-state index in [0.717, 1.165) is 31.2 Å². The summed E-state index contributed by atoms with van der Waals surface area (Å²) < 4.78 is 0. The smallest absolute Gasteiger partial charge is 0.231 e. The first-order valence-electron chi connectivity index (χ1n) is 7.46. The third-order valence-corrected chi connectivity index (χ3v) is 5.15. The van der Waals surface area contributed by atoms with E-state index in [1.807, 2.05) is 6.92 Å². The lowest BCUT2D eigenvalue weighted by Crippen LogP contribution is -2.42. The number of anilines is 1. The summed E-state index contributed by atoms with van der Waals surface area (Å²) in [6, 6.07) is 3.47. The Labute approximate surface area is 136 Å². The molecular formula is C16H22Cl2N2O. The normalized spacial score (nSPS) is 18.1. The van der Waals surface area contributed by atoms with Gasteiger partial charge in [0.25, 0.3) is 0 Å². The van der Waals surface area contributed by atoms with Crippen LogP contribution in [0.1, 0.15) is 44.1 Å². The second-order valence-corrected chi connectivity index (χ2v) is 6.75. The van der Waals surface area contributed by atoms with E-state index in [-0.39, 0.29) is 5.91 Å². The first kappa shape index (κ1) is 16.6. The molecule has 1 aliphatic carbocycles. The number of amides is 1. The van der Waals surface area contributed by atoms with E-state index in [1.165, 1.54) is 12.8 Å². The van der Waals surface area contributed by atoms with Crippen LogP contribution >= 0.6 is 23.2 Å². The van der Waals surface area contributed by atoms with Crippen molar-refractivity contribution >= 4 is 34.8 Å². The Bertz CT molecular complexity index is 523. The van der Waals surface area contributed by atoms with Gasteiger partial charge in [0.2, 0.25) is 5.91 Å². The zero-order valence-corrected chi connectivity index (χ0v) is 13.9. The number of nitrogens with two attached hydrogens (primary N) is 1. The van der Waals surface area contributed by atoms with Crippen LogP contribution in [0.2, 0.25) is 10.0 Å². The second kappa shape index (κ2) is 6.99. The van der Waals surface area contributed by atoms with Gasteiger partial charge >= 0.3 is 0 Å². The quantitative estimate of drug-likeness (QED) is 0.800. The summed E-state index contributed by atoms with van der Waals surface area (Å²) in [7, 11) is 0. The Morgan fingerprint density at radius 3 is 2.38 bits per heavy atom. The Hall–Kier alpha value is -0.770. The van der Waals surface area contributed by atoms with E-state index in [9.17, 15) is 4.79 Å². The number of benzene rings is 1. The average molecular weight is 329 g/mol. The van der Waals surface area contributed by atoms with Crippen molar-refractivity contribution in [2.45, 2.75) is 45.4 Å². The average Bonchev–Trinajstić information content (AvgIpc) is 2.71. The van der Waals surface area contributed by atoms with Crippen molar-refractivity contribution in [3.8, 4) is 0 Å². The maximum atomic E-state index is 12.7. The number of hydrogen-bond acceptors (Lipinski definition) is 2. The van der Waals surface area contributed by atoms with Crippen LogP contribution in [-0.2, 0) is 4.79 Å². The van der Waals surface area contributed by atoms with Crippen LogP contribution in [0.4, 0.5) is 5.69 Å². The van der Waals surface area contributed by atoms with Crippen molar-refractivity contribution in [2.75, 3.05) is 11.9 Å². The fraction of sp³-hybridized carbons (Fsp3) is 0.562. The van der Waals surface area contributed by atoms with E-state index >= 15 is 0 Å². The van der Waals surface area contributed by atoms with E-state index in [4.69, 9.17) is 28.9 Å². The molecule has 1 aromatic carbocycles. The number of halogens is 2. The Balaban J connectivity index is 2.21. The van der Waals surface area contributed by atoms with Gasteiger partial charge in [0.1, 0.15) is 0 Å². The number of carbonyl (C=O) groups excluding carboxylic acids is 1. The first-order valence-corrected chi connectivity index (χ1v) is 8.21. The van der Waals surface area contributed by atoms with Crippen LogP contribution in [-0.4, -0.2) is 12.5 Å². The highest BCUT2D eigenvalue weighted by Crippen LogP contribution is 2.37. The molecule has 0 spiro atoms. The van der Waals surface area contributed by atoms with Crippen LogP contribution in [0.15, 0.2) is 12.1 Å². The highest BCUT2D eigenvalue weighted by atomic mass is 35.5. The fourth-order valence-corrected chi connectivity index (χ4v) is 3.36. The fourth-order valence-electron chi connectivity index (χ4n) is 2.93. The zero-order chi connectivity index (χ0) is 15.5. The molecule has 0 radical (unpaired) electrons. The maximum absolute atomic E-state index is 12.7.